The minimum atomic E-state index is 0.157. The Morgan fingerprint density at radius 3 is 2.76 bits per heavy atom. The Morgan fingerprint density at radius 2 is 2.18 bits per heavy atom. The number of nitrogens with zero attached hydrogens (tertiary/aromatic N) is 2. The topological polar surface area (TPSA) is 39.0 Å². The molecule has 0 bridgehead atoms. The van der Waals surface area contributed by atoms with Gasteiger partial charge in [-0.3, -0.25) is 9.13 Å². The minimum Gasteiger partial charge on any atom is -0.312 e. The van der Waals surface area contributed by atoms with Gasteiger partial charge in [0.2, 0.25) is 0 Å². The molecule has 0 radical (unpaired) electrons. The molecule has 1 heterocycles. The minimum absolute atomic E-state index is 0.157. The first-order valence-corrected chi connectivity index (χ1v) is 6.76. The van der Waals surface area contributed by atoms with Gasteiger partial charge >= 0.3 is 5.69 Å². The number of rotatable bonds is 7. The molecule has 1 aliphatic carbocycles. The second-order valence-electron chi connectivity index (χ2n) is 4.93. The lowest BCUT2D eigenvalue weighted by atomic mass is 10.2. The van der Waals surface area contributed by atoms with Gasteiger partial charge in [-0.2, -0.15) is 0 Å². The predicted octanol–water partition coefficient (Wildman–Crippen LogP) is 1.76. The normalized spacial score (nSPS) is 17.3. The zero-order valence-corrected chi connectivity index (χ0v) is 10.9. The van der Waals surface area contributed by atoms with E-state index in [0.29, 0.717) is 12.1 Å². The molecular weight excluding hydrogens is 214 g/mol. The summed E-state index contributed by atoms with van der Waals surface area (Å²) in [5, 5.41) is 3.48. The van der Waals surface area contributed by atoms with Crippen LogP contribution in [-0.4, -0.2) is 21.7 Å². The van der Waals surface area contributed by atoms with Gasteiger partial charge in [0.25, 0.3) is 0 Å². The van der Waals surface area contributed by atoms with Crippen LogP contribution in [0.25, 0.3) is 0 Å². The Balaban J connectivity index is 1.99. The highest BCUT2D eigenvalue weighted by Gasteiger charge is 2.25. The lowest BCUT2D eigenvalue weighted by Crippen LogP contribution is -2.36. The molecule has 0 aromatic carbocycles. The highest BCUT2D eigenvalue weighted by atomic mass is 16.1. The first-order chi connectivity index (χ1) is 8.26. The van der Waals surface area contributed by atoms with E-state index in [4.69, 9.17) is 0 Å². The molecular formula is C13H23N3O. The Labute approximate surface area is 103 Å². The van der Waals surface area contributed by atoms with Crippen molar-refractivity contribution in [1.82, 2.24) is 14.5 Å². The van der Waals surface area contributed by atoms with E-state index in [1.807, 2.05) is 21.5 Å². The standard InChI is InChI=1S/C13H23N3O/c1-3-7-14-11(4-2)10-15-8-9-16(13(15)17)12-5-6-12/h8-9,11-12,14H,3-7,10H2,1-2H3. The number of aromatic nitrogens is 2. The summed E-state index contributed by atoms with van der Waals surface area (Å²) in [4.78, 5) is 12.1. The van der Waals surface area contributed by atoms with Crippen molar-refractivity contribution in [2.75, 3.05) is 6.54 Å². The highest BCUT2D eigenvalue weighted by molar-refractivity contribution is 4.91. The molecule has 1 aromatic rings. The molecule has 0 spiro atoms. The Morgan fingerprint density at radius 1 is 1.41 bits per heavy atom. The summed E-state index contributed by atoms with van der Waals surface area (Å²) in [7, 11) is 0. The van der Waals surface area contributed by atoms with E-state index in [9.17, 15) is 4.79 Å². The third-order valence-corrected chi connectivity index (χ3v) is 3.41. The molecule has 2 rings (SSSR count). The average Bonchev–Trinajstić information content (AvgIpc) is 3.11. The summed E-state index contributed by atoms with van der Waals surface area (Å²) in [6.45, 7) is 6.14. The first kappa shape index (κ1) is 12.4. The van der Waals surface area contributed by atoms with Crippen LogP contribution in [0.3, 0.4) is 0 Å². The van der Waals surface area contributed by atoms with Crippen molar-refractivity contribution >= 4 is 0 Å². The molecule has 4 heteroatoms. The summed E-state index contributed by atoms with van der Waals surface area (Å²) in [6, 6.07) is 0.884. The summed E-state index contributed by atoms with van der Waals surface area (Å²) < 4.78 is 3.72. The fourth-order valence-corrected chi connectivity index (χ4v) is 2.12. The van der Waals surface area contributed by atoms with Crippen LogP contribution < -0.4 is 11.0 Å². The second kappa shape index (κ2) is 5.54. The van der Waals surface area contributed by atoms with Gasteiger partial charge in [0.1, 0.15) is 0 Å². The quantitative estimate of drug-likeness (QED) is 0.785. The van der Waals surface area contributed by atoms with E-state index >= 15 is 0 Å². The largest absolute Gasteiger partial charge is 0.328 e. The first-order valence-electron chi connectivity index (χ1n) is 6.76. The maximum absolute atomic E-state index is 12.1. The van der Waals surface area contributed by atoms with Crippen LogP contribution in [-0.2, 0) is 6.54 Å². The van der Waals surface area contributed by atoms with E-state index in [1.165, 1.54) is 0 Å². The molecule has 4 nitrogen and oxygen atoms in total. The second-order valence-corrected chi connectivity index (χ2v) is 4.93. The lowest BCUT2D eigenvalue weighted by Gasteiger charge is -2.16. The van der Waals surface area contributed by atoms with Gasteiger partial charge < -0.3 is 5.32 Å². The van der Waals surface area contributed by atoms with Crippen molar-refractivity contribution in [1.29, 1.82) is 0 Å². The number of nitrogens with one attached hydrogen (secondary N) is 1. The number of hydrogen-bond donors (Lipinski definition) is 1. The van der Waals surface area contributed by atoms with Crippen LogP contribution in [0.1, 0.15) is 45.6 Å². The molecule has 1 aromatic heterocycles. The summed E-state index contributed by atoms with van der Waals surface area (Å²) >= 11 is 0. The Hall–Kier alpha value is -1.03. The Kier molecular flexibility index (Phi) is 4.05. The van der Waals surface area contributed by atoms with Gasteiger partial charge in [-0.05, 0) is 32.2 Å². The van der Waals surface area contributed by atoms with E-state index in [0.717, 1.165) is 38.8 Å². The van der Waals surface area contributed by atoms with Crippen molar-refractivity contribution in [3.05, 3.63) is 22.9 Å². The van der Waals surface area contributed by atoms with Gasteiger partial charge in [-0.15, -0.1) is 0 Å². The smallest absolute Gasteiger partial charge is 0.312 e. The number of hydrogen-bond acceptors (Lipinski definition) is 2. The monoisotopic (exact) mass is 237 g/mol. The molecule has 0 saturated heterocycles. The van der Waals surface area contributed by atoms with E-state index in [1.54, 1.807) is 0 Å². The number of imidazole rings is 1. The maximum atomic E-state index is 12.1. The van der Waals surface area contributed by atoms with Crippen LogP contribution in [0.5, 0.6) is 0 Å². The SMILES string of the molecule is CCCNC(CC)Cn1ccn(C2CC2)c1=O. The molecule has 1 aliphatic rings. The molecule has 1 unspecified atom stereocenters. The van der Waals surface area contributed by atoms with Crippen LogP contribution >= 0.6 is 0 Å². The summed E-state index contributed by atoms with van der Waals surface area (Å²) in [5.74, 6) is 0. The third kappa shape index (κ3) is 3.00. The molecule has 0 amide bonds. The van der Waals surface area contributed by atoms with Crippen molar-refractivity contribution < 1.29 is 0 Å². The predicted molar refractivity (Wildman–Crippen MR) is 69.3 cm³/mol. The average molecular weight is 237 g/mol. The maximum Gasteiger partial charge on any atom is 0.328 e. The molecule has 0 aliphatic heterocycles. The molecule has 96 valence electrons. The molecule has 1 saturated carbocycles. The van der Waals surface area contributed by atoms with Crippen LogP contribution in [0, 0.1) is 0 Å². The summed E-state index contributed by atoms with van der Waals surface area (Å²) in [5.41, 5.74) is 0.157. The van der Waals surface area contributed by atoms with Crippen molar-refractivity contribution in [3.8, 4) is 0 Å². The molecule has 1 N–H and O–H groups in total. The van der Waals surface area contributed by atoms with E-state index in [-0.39, 0.29) is 5.69 Å². The summed E-state index contributed by atoms with van der Waals surface area (Å²) in [6.07, 6.45) is 8.38. The fourth-order valence-electron chi connectivity index (χ4n) is 2.12. The molecule has 1 fully saturated rings. The van der Waals surface area contributed by atoms with Crippen LogP contribution in [0.2, 0.25) is 0 Å². The van der Waals surface area contributed by atoms with Crippen molar-refractivity contribution in [2.24, 2.45) is 0 Å². The zero-order valence-electron chi connectivity index (χ0n) is 10.9. The van der Waals surface area contributed by atoms with Crippen molar-refractivity contribution in [2.45, 2.75) is 58.2 Å². The van der Waals surface area contributed by atoms with Crippen molar-refractivity contribution in [3.63, 3.8) is 0 Å². The van der Waals surface area contributed by atoms with Crippen LogP contribution in [0.4, 0.5) is 0 Å². The lowest BCUT2D eigenvalue weighted by molar-refractivity contribution is 0.428. The van der Waals surface area contributed by atoms with E-state index in [2.05, 4.69) is 19.2 Å². The molecule has 1 atom stereocenters. The highest BCUT2D eigenvalue weighted by Crippen LogP contribution is 2.33. The van der Waals surface area contributed by atoms with Gasteiger partial charge in [0, 0.05) is 31.0 Å². The Bertz CT molecular complexity index is 403. The van der Waals surface area contributed by atoms with E-state index < -0.39 is 0 Å². The molecule has 17 heavy (non-hydrogen) atoms. The van der Waals surface area contributed by atoms with Gasteiger partial charge in [-0.25, -0.2) is 4.79 Å². The van der Waals surface area contributed by atoms with Gasteiger partial charge in [0.15, 0.2) is 0 Å². The van der Waals surface area contributed by atoms with Gasteiger partial charge in [-0.1, -0.05) is 13.8 Å². The fraction of sp³-hybridized carbons (Fsp3) is 0.769. The third-order valence-electron chi connectivity index (χ3n) is 3.41. The van der Waals surface area contributed by atoms with Gasteiger partial charge in [0.05, 0.1) is 0 Å². The zero-order chi connectivity index (χ0) is 12.3. The van der Waals surface area contributed by atoms with Crippen LogP contribution in [0.15, 0.2) is 17.2 Å².